The lowest BCUT2D eigenvalue weighted by molar-refractivity contribution is 0.300. The van der Waals surface area contributed by atoms with E-state index < -0.39 is 0 Å². The Hall–Kier alpha value is -2.85. The maximum absolute atomic E-state index is 6.19. The van der Waals surface area contributed by atoms with Gasteiger partial charge < -0.3 is 15.0 Å². The Balaban J connectivity index is 1.63. The average molecular weight is 359 g/mol. The topological polar surface area (TPSA) is 53.1 Å². The van der Waals surface area contributed by atoms with Gasteiger partial charge >= 0.3 is 0 Å². The molecule has 2 N–H and O–H groups in total. The number of aromatic nitrogens is 2. The SMILES string of the molecule is Cc1cc2nc(C(C)N)n(CCOc3cccc4ccccc34)c2cc1C. The number of nitrogens with zero attached hydrogens (tertiary/aromatic N) is 2. The molecule has 1 aromatic heterocycles. The Kier molecular flexibility index (Phi) is 4.58. The smallest absolute Gasteiger partial charge is 0.127 e. The fourth-order valence-corrected chi connectivity index (χ4v) is 3.55. The number of fused-ring (bicyclic) bond motifs is 2. The largest absolute Gasteiger partial charge is 0.491 e. The van der Waals surface area contributed by atoms with Crippen LogP contribution in [0.1, 0.15) is 29.9 Å². The van der Waals surface area contributed by atoms with Gasteiger partial charge in [0.1, 0.15) is 18.2 Å². The quantitative estimate of drug-likeness (QED) is 0.551. The minimum Gasteiger partial charge on any atom is -0.491 e. The molecule has 0 aliphatic carbocycles. The Morgan fingerprint density at radius 1 is 1.04 bits per heavy atom. The molecule has 0 spiro atoms. The predicted molar refractivity (Wildman–Crippen MR) is 111 cm³/mol. The molecule has 4 heteroatoms. The Morgan fingerprint density at radius 3 is 2.59 bits per heavy atom. The molecule has 27 heavy (non-hydrogen) atoms. The summed E-state index contributed by atoms with van der Waals surface area (Å²) >= 11 is 0. The molecule has 0 bridgehead atoms. The number of ether oxygens (including phenoxy) is 1. The van der Waals surface area contributed by atoms with Gasteiger partial charge in [-0.25, -0.2) is 4.98 Å². The first-order valence-corrected chi connectivity index (χ1v) is 9.38. The zero-order chi connectivity index (χ0) is 19.0. The number of aryl methyl sites for hydroxylation is 2. The average Bonchev–Trinajstić information content (AvgIpc) is 3.00. The van der Waals surface area contributed by atoms with Gasteiger partial charge in [-0.1, -0.05) is 36.4 Å². The molecule has 0 fully saturated rings. The van der Waals surface area contributed by atoms with E-state index >= 15 is 0 Å². The molecule has 0 saturated heterocycles. The zero-order valence-corrected chi connectivity index (χ0v) is 16.1. The number of hydrogen-bond acceptors (Lipinski definition) is 3. The minimum absolute atomic E-state index is 0.129. The molecule has 0 amide bonds. The van der Waals surface area contributed by atoms with Crippen LogP contribution in [0.15, 0.2) is 54.6 Å². The van der Waals surface area contributed by atoms with Crippen molar-refractivity contribution in [3.63, 3.8) is 0 Å². The third-order valence-electron chi connectivity index (χ3n) is 5.12. The molecule has 138 valence electrons. The van der Waals surface area contributed by atoms with E-state index in [9.17, 15) is 0 Å². The summed E-state index contributed by atoms with van der Waals surface area (Å²) in [5, 5.41) is 2.32. The summed E-state index contributed by atoms with van der Waals surface area (Å²) in [6.45, 7) is 7.49. The normalized spacial score (nSPS) is 12.6. The van der Waals surface area contributed by atoms with Gasteiger partial charge in [-0.2, -0.15) is 0 Å². The standard InChI is InChI=1S/C23H25N3O/c1-15-13-20-21(14-16(15)2)26(23(25-20)17(3)24)11-12-27-22-10-6-8-18-7-4-5-9-19(18)22/h4-10,13-14,17H,11-12,24H2,1-3H3. The highest BCUT2D eigenvalue weighted by Crippen LogP contribution is 2.26. The fourth-order valence-electron chi connectivity index (χ4n) is 3.55. The van der Waals surface area contributed by atoms with Crippen molar-refractivity contribution in [1.29, 1.82) is 0 Å². The van der Waals surface area contributed by atoms with Crippen molar-refractivity contribution in [1.82, 2.24) is 9.55 Å². The molecule has 0 aliphatic rings. The van der Waals surface area contributed by atoms with Crippen LogP contribution in [-0.2, 0) is 6.54 Å². The summed E-state index contributed by atoms with van der Waals surface area (Å²) in [6, 6.07) is 18.6. The Labute approximate surface area is 159 Å². The van der Waals surface area contributed by atoms with Crippen LogP contribution in [0.5, 0.6) is 5.75 Å². The van der Waals surface area contributed by atoms with Crippen LogP contribution in [0.2, 0.25) is 0 Å². The van der Waals surface area contributed by atoms with Gasteiger partial charge in [0.2, 0.25) is 0 Å². The molecule has 1 heterocycles. The van der Waals surface area contributed by atoms with Crippen LogP contribution < -0.4 is 10.5 Å². The molecular formula is C23H25N3O. The van der Waals surface area contributed by atoms with Crippen LogP contribution in [-0.4, -0.2) is 16.2 Å². The molecule has 1 atom stereocenters. The van der Waals surface area contributed by atoms with Crippen LogP contribution in [0.4, 0.5) is 0 Å². The zero-order valence-electron chi connectivity index (χ0n) is 16.1. The lowest BCUT2D eigenvalue weighted by Gasteiger charge is -2.14. The number of rotatable bonds is 5. The number of imidazole rings is 1. The summed E-state index contributed by atoms with van der Waals surface area (Å²) in [6.07, 6.45) is 0. The highest BCUT2D eigenvalue weighted by Gasteiger charge is 2.15. The first-order chi connectivity index (χ1) is 13.0. The summed E-state index contributed by atoms with van der Waals surface area (Å²) in [4.78, 5) is 4.77. The molecule has 1 unspecified atom stereocenters. The van der Waals surface area contributed by atoms with Crippen LogP contribution in [0.3, 0.4) is 0 Å². The van der Waals surface area contributed by atoms with Crippen molar-refractivity contribution < 1.29 is 4.74 Å². The third-order valence-corrected chi connectivity index (χ3v) is 5.12. The monoisotopic (exact) mass is 359 g/mol. The fraction of sp³-hybridized carbons (Fsp3) is 0.261. The van der Waals surface area contributed by atoms with Crippen molar-refractivity contribution in [2.75, 3.05) is 6.61 Å². The van der Waals surface area contributed by atoms with Gasteiger partial charge in [0.05, 0.1) is 23.6 Å². The van der Waals surface area contributed by atoms with Gasteiger partial charge in [-0.05, 0) is 55.5 Å². The van der Waals surface area contributed by atoms with Gasteiger partial charge in [-0.3, -0.25) is 0 Å². The first-order valence-electron chi connectivity index (χ1n) is 9.38. The van der Waals surface area contributed by atoms with Crippen LogP contribution in [0, 0.1) is 13.8 Å². The van der Waals surface area contributed by atoms with E-state index in [1.807, 2.05) is 31.2 Å². The second-order valence-electron chi connectivity index (χ2n) is 7.16. The van der Waals surface area contributed by atoms with Crippen LogP contribution in [0.25, 0.3) is 21.8 Å². The maximum Gasteiger partial charge on any atom is 0.127 e. The van der Waals surface area contributed by atoms with Gasteiger partial charge in [0.25, 0.3) is 0 Å². The first kappa shape index (κ1) is 17.6. The second kappa shape index (κ2) is 7.05. The van der Waals surface area contributed by atoms with Crippen molar-refractivity contribution in [3.05, 3.63) is 71.5 Å². The van der Waals surface area contributed by atoms with Gasteiger partial charge in [0.15, 0.2) is 0 Å². The third kappa shape index (κ3) is 3.28. The lowest BCUT2D eigenvalue weighted by Crippen LogP contribution is -2.16. The summed E-state index contributed by atoms with van der Waals surface area (Å²) in [5.74, 6) is 1.81. The molecule has 4 nitrogen and oxygen atoms in total. The summed E-state index contributed by atoms with van der Waals surface area (Å²) < 4.78 is 8.33. The van der Waals surface area contributed by atoms with Crippen molar-refractivity contribution in [2.24, 2.45) is 5.73 Å². The van der Waals surface area contributed by atoms with E-state index in [1.165, 1.54) is 16.5 Å². The Morgan fingerprint density at radius 2 is 1.78 bits per heavy atom. The lowest BCUT2D eigenvalue weighted by atomic mass is 10.1. The highest BCUT2D eigenvalue weighted by atomic mass is 16.5. The van der Waals surface area contributed by atoms with E-state index in [0.717, 1.165) is 28.0 Å². The molecule has 4 aromatic rings. The highest BCUT2D eigenvalue weighted by molar-refractivity contribution is 5.88. The predicted octanol–water partition coefficient (Wildman–Crippen LogP) is 4.91. The molecule has 0 aliphatic heterocycles. The number of benzene rings is 3. The number of hydrogen-bond donors (Lipinski definition) is 1. The van der Waals surface area contributed by atoms with Crippen molar-refractivity contribution >= 4 is 21.8 Å². The molecule has 0 saturated carbocycles. The van der Waals surface area contributed by atoms with E-state index in [0.29, 0.717) is 13.2 Å². The van der Waals surface area contributed by atoms with Crippen LogP contribution >= 0.6 is 0 Å². The van der Waals surface area contributed by atoms with Gasteiger partial charge in [0, 0.05) is 5.39 Å². The molecule has 0 radical (unpaired) electrons. The second-order valence-corrected chi connectivity index (χ2v) is 7.16. The maximum atomic E-state index is 6.19. The van der Waals surface area contributed by atoms with E-state index in [-0.39, 0.29) is 6.04 Å². The minimum atomic E-state index is -0.129. The van der Waals surface area contributed by atoms with E-state index in [2.05, 4.69) is 48.7 Å². The van der Waals surface area contributed by atoms with Crippen molar-refractivity contribution in [3.8, 4) is 5.75 Å². The van der Waals surface area contributed by atoms with Crippen molar-refractivity contribution in [2.45, 2.75) is 33.4 Å². The summed E-state index contributed by atoms with van der Waals surface area (Å²) in [5.41, 5.74) is 10.8. The Bertz CT molecular complexity index is 1110. The van der Waals surface area contributed by atoms with E-state index in [1.54, 1.807) is 0 Å². The molecule has 4 rings (SSSR count). The van der Waals surface area contributed by atoms with Gasteiger partial charge in [-0.15, -0.1) is 0 Å². The molecular weight excluding hydrogens is 334 g/mol. The van der Waals surface area contributed by atoms with E-state index in [4.69, 9.17) is 15.5 Å². The summed E-state index contributed by atoms with van der Waals surface area (Å²) in [7, 11) is 0. The molecule has 3 aromatic carbocycles. The number of nitrogens with two attached hydrogens (primary N) is 1.